The molecular weight excluding hydrogens is 150 g/mol. The van der Waals surface area contributed by atoms with Crippen LogP contribution in [-0.4, -0.2) is 6.61 Å². The van der Waals surface area contributed by atoms with Gasteiger partial charge in [0.05, 0.1) is 0 Å². The van der Waals surface area contributed by atoms with Crippen molar-refractivity contribution in [2.45, 2.75) is 6.54 Å². The first-order valence-electron chi connectivity index (χ1n) is 3.81. The van der Waals surface area contributed by atoms with Crippen LogP contribution in [0, 0.1) is 6.07 Å². The molecule has 0 amide bonds. The number of rotatable bonds is 4. The normalized spacial score (nSPS) is 9.42. The monoisotopic (exact) mass is 162 g/mol. The Kier molecular flexibility index (Phi) is 3.35. The zero-order chi connectivity index (χ0) is 8.81. The molecule has 0 unspecified atom stereocenters. The topological polar surface area (TPSA) is 35.2 Å². The molecular formula is C10H12NO. The molecule has 1 rings (SSSR count). The van der Waals surface area contributed by atoms with Gasteiger partial charge in [-0.2, -0.15) is 0 Å². The molecule has 2 heteroatoms. The van der Waals surface area contributed by atoms with Crippen LogP contribution >= 0.6 is 0 Å². The largest absolute Gasteiger partial charge is 0.489 e. The lowest BCUT2D eigenvalue weighted by Crippen LogP contribution is -1.97. The van der Waals surface area contributed by atoms with Crippen molar-refractivity contribution in [1.29, 1.82) is 0 Å². The quantitative estimate of drug-likeness (QED) is 0.681. The van der Waals surface area contributed by atoms with E-state index in [4.69, 9.17) is 10.5 Å². The Hall–Kier alpha value is -1.28. The molecule has 0 atom stereocenters. The molecule has 0 aliphatic heterocycles. The van der Waals surface area contributed by atoms with E-state index in [-0.39, 0.29) is 0 Å². The standard InChI is InChI=1S/C10H12NO/c1-2-7-12-10-5-3-9(8-11)4-6-10/h2-5H,1,7-8,11H2. The van der Waals surface area contributed by atoms with Gasteiger partial charge in [-0.1, -0.05) is 18.7 Å². The van der Waals surface area contributed by atoms with Crippen LogP contribution in [0.25, 0.3) is 0 Å². The first-order valence-corrected chi connectivity index (χ1v) is 3.81. The van der Waals surface area contributed by atoms with Gasteiger partial charge in [-0.25, -0.2) is 0 Å². The zero-order valence-corrected chi connectivity index (χ0v) is 6.92. The van der Waals surface area contributed by atoms with Crippen molar-refractivity contribution in [1.82, 2.24) is 0 Å². The van der Waals surface area contributed by atoms with Gasteiger partial charge in [-0.15, -0.1) is 0 Å². The van der Waals surface area contributed by atoms with Crippen LogP contribution in [0.15, 0.2) is 30.9 Å². The van der Waals surface area contributed by atoms with E-state index in [9.17, 15) is 0 Å². The SMILES string of the molecule is C=CCOc1[c]cc(CN)cc1. The van der Waals surface area contributed by atoms with Crippen LogP contribution in [0.2, 0.25) is 0 Å². The maximum Gasteiger partial charge on any atom is 0.127 e. The van der Waals surface area contributed by atoms with Gasteiger partial charge >= 0.3 is 0 Å². The van der Waals surface area contributed by atoms with E-state index >= 15 is 0 Å². The molecule has 0 heterocycles. The molecule has 0 fully saturated rings. The number of hydrogen-bond donors (Lipinski definition) is 1. The summed E-state index contributed by atoms with van der Waals surface area (Å²) in [5, 5.41) is 0. The minimum atomic E-state index is 0.512. The van der Waals surface area contributed by atoms with E-state index in [0.29, 0.717) is 13.2 Å². The van der Waals surface area contributed by atoms with Crippen molar-refractivity contribution in [3.05, 3.63) is 42.5 Å². The molecule has 63 valence electrons. The molecule has 0 saturated heterocycles. The van der Waals surface area contributed by atoms with Gasteiger partial charge in [-0.05, 0) is 17.7 Å². The highest BCUT2D eigenvalue weighted by Gasteiger charge is 1.92. The van der Waals surface area contributed by atoms with Gasteiger partial charge in [-0.3, -0.25) is 0 Å². The van der Waals surface area contributed by atoms with Crippen LogP contribution in [0.4, 0.5) is 0 Å². The van der Waals surface area contributed by atoms with Crippen LogP contribution in [0.1, 0.15) is 5.56 Å². The predicted molar refractivity (Wildman–Crippen MR) is 48.9 cm³/mol. The fourth-order valence-corrected chi connectivity index (χ4v) is 0.808. The molecule has 0 saturated carbocycles. The predicted octanol–water partition coefficient (Wildman–Crippen LogP) is 1.51. The summed E-state index contributed by atoms with van der Waals surface area (Å²) in [5.74, 6) is 0.729. The smallest absolute Gasteiger partial charge is 0.127 e. The maximum absolute atomic E-state index is 5.42. The van der Waals surface area contributed by atoms with E-state index < -0.39 is 0 Å². The average molecular weight is 162 g/mol. The van der Waals surface area contributed by atoms with E-state index in [2.05, 4.69) is 12.6 Å². The van der Waals surface area contributed by atoms with Gasteiger partial charge < -0.3 is 10.5 Å². The second-order valence-corrected chi connectivity index (χ2v) is 2.36. The maximum atomic E-state index is 5.42. The minimum Gasteiger partial charge on any atom is -0.489 e. The summed E-state index contributed by atoms with van der Waals surface area (Å²) in [6.07, 6.45) is 1.70. The summed E-state index contributed by atoms with van der Waals surface area (Å²) in [5.41, 5.74) is 6.48. The Labute approximate surface area is 72.7 Å². The van der Waals surface area contributed by atoms with Crippen molar-refractivity contribution in [2.75, 3.05) is 6.61 Å². The van der Waals surface area contributed by atoms with Gasteiger partial charge in [0.15, 0.2) is 0 Å². The Balaban J connectivity index is 2.58. The summed E-state index contributed by atoms with van der Waals surface area (Å²) in [6.45, 7) is 4.60. The van der Waals surface area contributed by atoms with Crippen molar-refractivity contribution in [3.63, 3.8) is 0 Å². The summed E-state index contributed by atoms with van der Waals surface area (Å²) in [4.78, 5) is 0. The number of hydrogen-bond acceptors (Lipinski definition) is 2. The van der Waals surface area contributed by atoms with E-state index in [0.717, 1.165) is 11.3 Å². The highest BCUT2D eigenvalue weighted by molar-refractivity contribution is 5.25. The van der Waals surface area contributed by atoms with Gasteiger partial charge in [0.1, 0.15) is 12.4 Å². The highest BCUT2D eigenvalue weighted by atomic mass is 16.5. The second-order valence-electron chi connectivity index (χ2n) is 2.36. The molecule has 0 spiro atoms. The fraction of sp³-hybridized carbons (Fsp3) is 0.200. The van der Waals surface area contributed by atoms with Crippen molar-refractivity contribution in [3.8, 4) is 5.75 Å². The van der Waals surface area contributed by atoms with Gasteiger partial charge in [0.2, 0.25) is 0 Å². The fourth-order valence-electron chi connectivity index (χ4n) is 0.808. The van der Waals surface area contributed by atoms with Gasteiger partial charge in [0, 0.05) is 12.6 Å². The molecule has 0 aromatic heterocycles. The minimum absolute atomic E-state index is 0.512. The summed E-state index contributed by atoms with van der Waals surface area (Å²) in [6, 6.07) is 8.58. The van der Waals surface area contributed by atoms with E-state index in [1.54, 1.807) is 6.08 Å². The molecule has 2 N–H and O–H groups in total. The van der Waals surface area contributed by atoms with Crippen molar-refractivity contribution < 1.29 is 4.74 Å². The average Bonchev–Trinajstić information content (AvgIpc) is 2.15. The van der Waals surface area contributed by atoms with Crippen LogP contribution in [0.5, 0.6) is 5.75 Å². The van der Waals surface area contributed by atoms with Crippen molar-refractivity contribution >= 4 is 0 Å². The molecule has 12 heavy (non-hydrogen) atoms. The molecule has 1 aromatic carbocycles. The lowest BCUT2D eigenvalue weighted by atomic mass is 10.2. The number of benzene rings is 1. The van der Waals surface area contributed by atoms with Crippen LogP contribution in [-0.2, 0) is 6.54 Å². The second kappa shape index (κ2) is 4.57. The lowest BCUT2D eigenvalue weighted by Gasteiger charge is -2.02. The Bertz CT molecular complexity index is 241. The third-order valence-corrected chi connectivity index (χ3v) is 1.44. The van der Waals surface area contributed by atoms with Crippen LogP contribution in [0.3, 0.4) is 0 Å². The molecule has 1 radical (unpaired) electrons. The lowest BCUT2D eigenvalue weighted by molar-refractivity contribution is 0.362. The van der Waals surface area contributed by atoms with E-state index in [1.807, 2.05) is 18.2 Å². The first-order chi connectivity index (χ1) is 5.86. The summed E-state index contributed by atoms with van der Waals surface area (Å²) >= 11 is 0. The molecule has 0 aliphatic carbocycles. The third-order valence-electron chi connectivity index (χ3n) is 1.44. The third kappa shape index (κ3) is 2.40. The molecule has 1 aromatic rings. The molecule has 0 aliphatic rings. The zero-order valence-electron chi connectivity index (χ0n) is 6.92. The van der Waals surface area contributed by atoms with E-state index in [1.165, 1.54) is 0 Å². The molecule has 0 bridgehead atoms. The summed E-state index contributed by atoms with van der Waals surface area (Å²) in [7, 11) is 0. The number of nitrogens with two attached hydrogens (primary N) is 1. The van der Waals surface area contributed by atoms with Gasteiger partial charge in [0.25, 0.3) is 0 Å². The highest BCUT2D eigenvalue weighted by Crippen LogP contribution is 2.10. The van der Waals surface area contributed by atoms with Crippen LogP contribution < -0.4 is 10.5 Å². The summed E-state index contributed by atoms with van der Waals surface area (Å²) < 4.78 is 5.24. The van der Waals surface area contributed by atoms with Crippen molar-refractivity contribution in [2.24, 2.45) is 5.73 Å². The first kappa shape index (κ1) is 8.81. The molecule has 2 nitrogen and oxygen atoms in total. The Morgan fingerprint density at radius 1 is 1.58 bits per heavy atom. The Morgan fingerprint density at radius 3 is 2.92 bits per heavy atom. The number of ether oxygens (including phenoxy) is 1. The Morgan fingerprint density at radius 2 is 2.42 bits per heavy atom.